The Morgan fingerprint density at radius 3 is 2.56 bits per heavy atom. The maximum absolute atomic E-state index is 15.5. The number of amides is 1. The van der Waals surface area contributed by atoms with Gasteiger partial charge in [0, 0.05) is 50.1 Å². The Morgan fingerprint density at radius 2 is 1.97 bits per heavy atom. The summed E-state index contributed by atoms with van der Waals surface area (Å²) in [6.45, 7) is 0.0347. The van der Waals surface area contributed by atoms with Crippen molar-refractivity contribution in [1.82, 2.24) is 25.6 Å². The summed E-state index contributed by atoms with van der Waals surface area (Å²) in [6, 6.07) is 3.96. The van der Waals surface area contributed by atoms with Crippen molar-refractivity contribution in [2.75, 3.05) is 32.7 Å². The zero-order chi connectivity index (χ0) is 25.8. The molecule has 10 nitrogen and oxygen atoms in total. The molecule has 1 aliphatic rings. The lowest BCUT2D eigenvalue weighted by Gasteiger charge is -2.28. The molecule has 3 N–H and O–H groups in total. The number of allylic oxidation sites excluding steroid dienone is 1. The molecule has 4 rings (SSSR count). The Hall–Kier alpha value is -4.35. The number of halogens is 2. The first-order valence-corrected chi connectivity index (χ1v) is 11.1. The van der Waals surface area contributed by atoms with Crippen LogP contribution in [0.15, 0.2) is 30.6 Å². The molecule has 1 unspecified atom stereocenters. The van der Waals surface area contributed by atoms with Crippen LogP contribution in [-0.4, -0.2) is 60.9 Å². The van der Waals surface area contributed by atoms with E-state index in [1.807, 2.05) is 0 Å². The molecule has 0 spiro atoms. The van der Waals surface area contributed by atoms with Crippen molar-refractivity contribution >= 4 is 40.4 Å². The largest absolute Gasteiger partial charge is 0.493 e. The van der Waals surface area contributed by atoms with Crippen molar-refractivity contribution in [2.24, 2.45) is 0 Å². The first kappa shape index (κ1) is 24.8. The van der Waals surface area contributed by atoms with Gasteiger partial charge < -0.3 is 30.4 Å². The van der Waals surface area contributed by atoms with Gasteiger partial charge in [0.1, 0.15) is 17.0 Å². The number of anilines is 2. The first-order valence-electron chi connectivity index (χ1n) is 11.1. The van der Waals surface area contributed by atoms with Crippen molar-refractivity contribution in [2.45, 2.75) is 18.9 Å². The normalized spacial score (nSPS) is 15.5. The molecule has 1 fully saturated rings. The molecule has 0 radical (unpaired) electrons. The molecule has 36 heavy (non-hydrogen) atoms. The second kappa shape index (κ2) is 10.5. The Morgan fingerprint density at radius 1 is 1.25 bits per heavy atom. The van der Waals surface area contributed by atoms with Gasteiger partial charge in [0.25, 0.3) is 0 Å². The molecular formula is C24H25F2N7O3. The summed E-state index contributed by atoms with van der Waals surface area (Å²) in [4.78, 5) is 26.5. The molecular weight excluding hydrogens is 472 g/mol. The molecule has 1 amide bonds. The summed E-state index contributed by atoms with van der Waals surface area (Å²) < 4.78 is 41.2. The first-order chi connectivity index (χ1) is 17.4. The molecule has 2 aromatic heterocycles. The monoisotopic (exact) mass is 497 g/mol. The molecule has 3 aromatic rings. The van der Waals surface area contributed by atoms with Gasteiger partial charge in [-0.3, -0.25) is 9.78 Å². The van der Waals surface area contributed by atoms with Crippen molar-refractivity contribution < 1.29 is 23.0 Å². The molecule has 3 heterocycles. The third-order valence-electron chi connectivity index (χ3n) is 5.73. The highest BCUT2D eigenvalue weighted by Gasteiger charge is 2.31. The lowest BCUT2D eigenvalue weighted by molar-refractivity contribution is -0.119. The SMILES string of the molecule is CN/C=C(\C=N)c1cnc2ccc(N(CC3CCC(=O)N3)c3c(F)c(OC)cc(OC)c3F)nc2n1. The number of aromatic nitrogens is 3. The number of hydrogen-bond acceptors (Lipinski definition) is 9. The van der Waals surface area contributed by atoms with E-state index in [4.69, 9.17) is 14.9 Å². The molecule has 188 valence electrons. The van der Waals surface area contributed by atoms with Crippen LogP contribution in [0.5, 0.6) is 11.5 Å². The van der Waals surface area contributed by atoms with Crippen molar-refractivity contribution in [3.8, 4) is 11.5 Å². The van der Waals surface area contributed by atoms with Gasteiger partial charge in [0.05, 0.1) is 26.1 Å². The second-order valence-corrected chi connectivity index (χ2v) is 7.97. The minimum absolute atomic E-state index is 0.0347. The quantitative estimate of drug-likeness (QED) is 0.386. The Labute approximate surface area is 205 Å². The van der Waals surface area contributed by atoms with Gasteiger partial charge in [-0.25, -0.2) is 18.7 Å². The van der Waals surface area contributed by atoms with E-state index in [9.17, 15) is 4.79 Å². The van der Waals surface area contributed by atoms with E-state index < -0.39 is 17.3 Å². The number of hydrogen-bond donors (Lipinski definition) is 3. The van der Waals surface area contributed by atoms with Gasteiger partial charge in [-0.05, 0) is 18.6 Å². The van der Waals surface area contributed by atoms with E-state index in [0.29, 0.717) is 29.6 Å². The number of rotatable bonds is 9. The highest BCUT2D eigenvalue weighted by Crippen LogP contribution is 2.40. The van der Waals surface area contributed by atoms with Crippen LogP contribution < -0.4 is 25.0 Å². The molecule has 1 atom stereocenters. The maximum Gasteiger partial charge on any atom is 0.220 e. The Balaban J connectivity index is 1.88. The average molecular weight is 498 g/mol. The Kier molecular flexibility index (Phi) is 7.23. The van der Waals surface area contributed by atoms with Gasteiger partial charge in [-0.1, -0.05) is 0 Å². The predicted molar refractivity (Wildman–Crippen MR) is 131 cm³/mol. The number of fused-ring (bicyclic) bond motifs is 1. The number of ether oxygens (including phenoxy) is 2. The second-order valence-electron chi connectivity index (χ2n) is 7.97. The molecule has 12 heteroatoms. The number of carbonyl (C=O) groups is 1. The highest BCUT2D eigenvalue weighted by atomic mass is 19.1. The number of methoxy groups -OCH3 is 2. The molecule has 0 saturated carbocycles. The third-order valence-corrected chi connectivity index (χ3v) is 5.73. The molecule has 0 aliphatic carbocycles. The summed E-state index contributed by atoms with van der Waals surface area (Å²) in [6.07, 6.45) is 5.04. The summed E-state index contributed by atoms with van der Waals surface area (Å²) >= 11 is 0. The van der Waals surface area contributed by atoms with Gasteiger partial charge in [0.2, 0.25) is 5.91 Å². The van der Waals surface area contributed by atoms with Gasteiger partial charge in [0.15, 0.2) is 28.8 Å². The van der Waals surface area contributed by atoms with Gasteiger partial charge in [-0.15, -0.1) is 0 Å². The zero-order valence-corrected chi connectivity index (χ0v) is 19.9. The van der Waals surface area contributed by atoms with Crippen LogP contribution in [0.1, 0.15) is 18.5 Å². The topological polar surface area (TPSA) is 125 Å². The number of benzene rings is 1. The number of nitrogens with one attached hydrogen (secondary N) is 3. The highest BCUT2D eigenvalue weighted by molar-refractivity contribution is 6.07. The number of nitrogens with zero attached hydrogens (tertiary/aromatic N) is 4. The maximum atomic E-state index is 15.5. The van der Waals surface area contributed by atoms with E-state index in [-0.39, 0.29) is 41.5 Å². The van der Waals surface area contributed by atoms with E-state index in [1.165, 1.54) is 25.3 Å². The van der Waals surface area contributed by atoms with E-state index in [2.05, 4.69) is 25.6 Å². The molecule has 0 bridgehead atoms. The van der Waals surface area contributed by atoms with Crippen LogP contribution in [0.3, 0.4) is 0 Å². The number of carbonyl (C=O) groups excluding carboxylic acids is 1. The zero-order valence-electron chi connectivity index (χ0n) is 19.9. The van der Waals surface area contributed by atoms with Crippen LogP contribution in [0.25, 0.3) is 16.7 Å². The fraction of sp³-hybridized carbons (Fsp3) is 0.292. The molecule has 1 saturated heterocycles. The average Bonchev–Trinajstić information content (AvgIpc) is 3.30. The third kappa shape index (κ3) is 4.74. The fourth-order valence-electron chi connectivity index (χ4n) is 3.97. The van der Waals surface area contributed by atoms with Crippen LogP contribution >= 0.6 is 0 Å². The van der Waals surface area contributed by atoms with Crippen molar-refractivity contribution in [1.29, 1.82) is 5.41 Å². The van der Waals surface area contributed by atoms with Crippen LogP contribution in [-0.2, 0) is 4.79 Å². The minimum Gasteiger partial charge on any atom is -0.493 e. The fourth-order valence-corrected chi connectivity index (χ4v) is 3.97. The van der Waals surface area contributed by atoms with Gasteiger partial charge >= 0.3 is 0 Å². The summed E-state index contributed by atoms with van der Waals surface area (Å²) in [7, 11) is 4.23. The molecule has 1 aliphatic heterocycles. The van der Waals surface area contributed by atoms with Gasteiger partial charge in [-0.2, -0.15) is 0 Å². The van der Waals surface area contributed by atoms with E-state index in [0.717, 1.165) is 12.3 Å². The lowest BCUT2D eigenvalue weighted by atomic mass is 10.1. The number of pyridine rings is 1. The lowest BCUT2D eigenvalue weighted by Crippen LogP contribution is -2.37. The van der Waals surface area contributed by atoms with E-state index >= 15 is 8.78 Å². The smallest absolute Gasteiger partial charge is 0.220 e. The molecule has 1 aromatic carbocycles. The summed E-state index contributed by atoms with van der Waals surface area (Å²) in [5, 5.41) is 13.3. The van der Waals surface area contributed by atoms with Crippen LogP contribution in [0, 0.1) is 17.0 Å². The summed E-state index contributed by atoms with van der Waals surface area (Å²) in [5.41, 5.74) is 1.10. The standard InChI is InChI=1S/C24H25F2N7O3/c1-28-10-13(9-27)16-11-29-15-5-6-19(32-24(15)31-16)33(12-14-4-7-20(34)30-14)23-21(25)17(35-2)8-18(36-3)22(23)26/h5-6,8-11,14,27-28H,4,7,12H2,1-3H3,(H,30,34)/b13-10+,27-9?. The minimum atomic E-state index is -0.940. The summed E-state index contributed by atoms with van der Waals surface area (Å²) in [5.74, 6) is -2.26. The van der Waals surface area contributed by atoms with Crippen molar-refractivity contribution in [3.63, 3.8) is 0 Å². The predicted octanol–water partition coefficient (Wildman–Crippen LogP) is 2.95. The van der Waals surface area contributed by atoms with Crippen molar-refractivity contribution in [3.05, 3.63) is 47.9 Å². The van der Waals surface area contributed by atoms with E-state index in [1.54, 1.807) is 25.4 Å². The van der Waals surface area contributed by atoms with Crippen LogP contribution in [0.4, 0.5) is 20.3 Å². The van der Waals surface area contributed by atoms with Crippen LogP contribution in [0.2, 0.25) is 0 Å². The Bertz CT molecular complexity index is 1320.